The van der Waals surface area contributed by atoms with Crippen LogP contribution in [0.3, 0.4) is 0 Å². The molecule has 98 valence electrons. The Balaban J connectivity index is 3.17. The van der Waals surface area contributed by atoms with Crippen LogP contribution >= 0.6 is 0 Å². The molecular weight excluding hydrogens is 236 g/mol. The van der Waals surface area contributed by atoms with Crippen molar-refractivity contribution in [1.29, 1.82) is 0 Å². The quantitative estimate of drug-likeness (QED) is 0.473. The van der Waals surface area contributed by atoms with Gasteiger partial charge in [0.15, 0.2) is 16.6 Å². The molecule has 5 heteroatoms. The Hall–Kier alpha value is 0.314. The fourth-order valence-electron chi connectivity index (χ4n) is 1.05. The molecule has 0 rings (SSSR count). The monoisotopic (exact) mass is 264 g/mol. The van der Waals surface area contributed by atoms with Crippen molar-refractivity contribution < 1.29 is 13.6 Å². The van der Waals surface area contributed by atoms with E-state index in [9.17, 15) is 0 Å². The Morgan fingerprint density at radius 3 is 1.62 bits per heavy atom. The number of hydrogen-bond donors (Lipinski definition) is 0. The zero-order chi connectivity index (χ0) is 12.7. The molecule has 0 aliphatic rings. The van der Waals surface area contributed by atoms with Crippen LogP contribution in [-0.4, -0.2) is 43.1 Å². The lowest BCUT2D eigenvalue weighted by Gasteiger charge is -2.18. The van der Waals surface area contributed by atoms with Gasteiger partial charge in [-0.3, -0.25) is 0 Å². The van der Waals surface area contributed by atoms with Gasteiger partial charge in [0.1, 0.15) is 0 Å². The van der Waals surface area contributed by atoms with Gasteiger partial charge in [-0.1, -0.05) is 0 Å². The molecule has 0 aromatic carbocycles. The van der Waals surface area contributed by atoms with Gasteiger partial charge in [0.05, 0.1) is 13.2 Å². The van der Waals surface area contributed by atoms with E-state index in [4.69, 9.17) is 13.6 Å². The van der Waals surface area contributed by atoms with Crippen molar-refractivity contribution in [2.75, 3.05) is 26.4 Å². The molecule has 0 bridgehead atoms. The molecule has 0 radical (unpaired) electrons. The van der Waals surface area contributed by atoms with Crippen molar-refractivity contribution in [1.82, 2.24) is 0 Å². The highest BCUT2D eigenvalue weighted by atomic mass is 28.4. The van der Waals surface area contributed by atoms with E-state index in [1.54, 1.807) is 0 Å². The smallest absolute Gasteiger partial charge is 0.183 e. The van der Waals surface area contributed by atoms with Gasteiger partial charge in [0.25, 0.3) is 0 Å². The van der Waals surface area contributed by atoms with Crippen molar-refractivity contribution >= 4 is 16.6 Å². The lowest BCUT2D eigenvalue weighted by Crippen LogP contribution is -2.27. The van der Waals surface area contributed by atoms with Crippen LogP contribution in [0.25, 0.3) is 0 Å². The number of rotatable bonds is 9. The summed E-state index contributed by atoms with van der Waals surface area (Å²) in [4.78, 5) is 0. The molecule has 0 N–H and O–H groups in total. The second kappa shape index (κ2) is 7.60. The molecule has 0 saturated heterocycles. The summed E-state index contributed by atoms with van der Waals surface area (Å²) in [6, 6.07) is 0. The Morgan fingerprint density at radius 2 is 1.12 bits per heavy atom. The molecule has 0 aromatic rings. The molecule has 0 spiro atoms. The molecule has 0 aliphatic carbocycles. The van der Waals surface area contributed by atoms with Gasteiger partial charge in [0, 0.05) is 13.2 Å². The summed E-state index contributed by atoms with van der Waals surface area (Å²) in [5, 5.41) is 0. The van der Waals surface area contributed by atoms with E-state index in [2.05, 4.69) is 39.3 Å². The van der Waals surface area contributed by atoms with Crippen LogP contribution in [0.2, 0.25) is 39.3 Å². The summed E-state index contributed by atoms with van der Waals surface area (Å²) in [6.07, 6.45) is 0.983. The molecule has 16 heavy (non-hydrogen) atoms. The third-order valence-corrected chi connectivity index (χ3v) is 3.87. The minimum absolute atomic E-state index is 0.706. The standard InChI is InChI=1S/C11H28O3Si2/c1-15(2,3)13-9-7-8-12-10-11-14-16(4,5)6/h7-11H2,1-6H3. The Morgan fingerprint density at radius 1 is 0.625 bits per heavy atom. The van der Waals surface area contributed by atoms with Gasteiger partial charge >= 0.3 is 0 Å². The lowest BCUT2D eigenvalue weighted by atomic mass is 10.5. The van der Waals surface area contributed by atoms with Crippen LogP contribution in [0.5, 0.6) is 0 Å². The minimum Gasteiger partial charge on any atom is -0.418 e. The van der Waals surface area contributed by atoms with Crippen LogP contribution in [0.4, 0.5) is 0 Å². The molecule has 0 fully saturated rings. The van der Waals surface area contributed by atoms with E-state index in [0.717, 1.165) is 26.2 Å². The van der Waals surface area contributed by atoms with Gasteiger partial charge < -0.3 is 13.6 Å². The van der Waals surface area contributed by atoms with E-state index in [-0.39, 0.29) is 0 Å². The maximum atomic E-state index is 5.72. The largest absolute Gasteiger partial charge is 0.418 e. The van der Waals surface area contributed by atoms with Crippen LogP contribution in [0.15, 0.2) is 0 Å². The molecule has 3 nitrogen and oxygen atoms in total. The third-order valence-electron chi connectivity index (χ3n) is 1.73. The van der Waals surface area contributed by atoms with Crippen molar-refractivity contribution in [2.45, 2.75) is 45.7 Å². The molecule has 0 unspecified atom stereocenters. The van der Waals surface area contributed by atoms with Gasteiger partial charge in [0.2, 0.25) is 0 Å². The molecule has 0 aromatic heterocycles. The maximum Gasteiger partial charge on any atom is 0.183 e. The maximum absolute atomic E-state index is 5.72. The summed E-state index contributed by atoms with van der Waals surface area (Å²) in [6.45, 7) is 16.2. The van der Waals surface area contributed by atoms with Gasteiger partial charge in [-0.05, 0) is 45.7 Å². The normalized spacial score (nSPS) is 13.1. The highest BCUT2D eigenvalue weighted by Gasteiger charge is 2.14. The zero-order valence-electron chi connectivity index (χ0n) is 11.8. The van der Waals surface area contributed by atoms with Crippen LogP contribution in [0.1, 0.15) is 6.42 Å². The first-order valence-electron chi connectivity index (χ1n) is 6.06. The average Bonchev–Trinajstić information content (AvgIpc) is 2.06. The second-order valence-corrected chi connectivity index (χ2v) is 14.9. The summed E-state index contributed by atoms with van der Waals surface area (Å²) in [5.41, 5.74) is 0. The van der Waals surface area contributed by atoms with Crippen molar-refractivity contribution in [3.63, 3.8) is 0 Å². The SMILES string of the molecule is C[Si](C)(C)OCCCOCCO[Si](C)(C)C. The van der Waals surface area contributed by atoms with E-state index in [0.29, 0.717) is 6.61 Å². The van der Waals surface area contributed by atoms with Crippen molar-refractivity contribution in [3.8, 4) is 0 Å². The average molecular weight is 265 g/mol. The second-order valence-electron chi connectivity index (χ2n) is 5.89. The fraction of sp³-hybridized carbons (Fsp3) is 1.00. The number of ether oxygens (including phenoxy) is 1. The molecule has 0 saturated carbocycles. The van der Waals surface area contributed by atoms with Crippen LogP contribution in [0, 0.1) is 0 Å². The predicted octanol–water partition coefficient (Wildman–Crippen LogP) is 3.10. The Bertz CT molecular complexity index is 153. The Labute approximate surface area is 103 Å². The lowest BCUT2D eigenvalue weighted by molar-refractivity contribution is 0.0879. The van der Waals surface area contributed by atoms with E-state index in [1.807, 2.05) is 0 Å². The van der Waals surface area contributed by atoms with E-state index >= 15 is 0 Å². The summed E-state index contributed by atoms with van der Waals surface area (Å²) in [7, 11) is -2.69. The molecule has 0 heterocycles. The predicted molar refractivity (Wildman–Crippen MR) is 74.0 cm³/mol. The van der Waals surface area contributed by atoms with E-state index < -0.39 is 16.6 Å². The van der Waals surface area contributed by atoms with Crippen molar-refractivity contribution in [3.05, 3.63) is 0 Å². The zero-order valence-corrected chi connectivity index (χ0v) is 13.8. The molecular formula is C11H28O3Si2. The minimum atomic E-state index is -1.36. The summed E-state index contributed by atoms with van der Waals surface area (Å²) >= 11 is 0. The first-order valence-corrected chi connectivity index (χ1v) is 12.9. The summed E-state index contributed by atoms with van der Waals surface area (Å²) < 4.78 is 16.9. The molecule has 0 amide bonds. The highest BCUT2D eigenvalue weighted by molar-refractivity contribution is 6.70. The van der Waals surface area contributed by atoms with Gasteiger partial charge in [-0.15, -0.1) is 0 Å². The molecule has 0 aliphatic heterocycles. The highest BCUT2D eigenvalue weighted by Crippen LogP contribution is 2.03. The fourth-order valence-corrected chi connectivity index (χ4v) is 2.50. The third kappa shape index (κ3) is 14.3. The van der Waals surface area contributed by atoms with Crippen molar-refractivity contribution in [2.24, 2.45) is 0 Å². The topological polar surface area (TPSA) is 27.7 Å². The first-order chi connectivity index (χ1) is 7.21. The van der Waals surface area contributed by atoms with Crippen LogP contribution < -0.4 is 0 Å². The molecule has 0 atom stereocenters. The Kier molecular flexibility index (Phi) is 7.75. The van der Waals surface area contributed by atoms with Gasteiger partial charge in [-0.2, -0.15) is 0 Å². The first kappa shape index (κ1) is 16.3. The summed E-state index contributed by atoms with van der Waals surface area (Å²) in [5.74, 6) is 0. The number of hydrogen-bond acceptors (Lipinski definition) is 3. The van der Waals surface area contributed by atoms with Crippen LogP contribution in [-0.2, 0) is 13.6 Å². The van der Waals surface area contributed by atoms with E-state index in [1.165, 1.54) is 0 Å². The van der Waals surface area contributed by atoms with Gasteiger partial charge in [-0.25, -0.2) is 0 Å².